The maximum absolute atomic E-state index is 13.7. The molecule has 1 aliphatic rings. The molecule has 0 atom stereocenters. The average molecular weight is 539 g/mol. The van der Waals surface area contributed by atoms with E-state index in [9.17, 15) is 13.6 Å². The Hall–Kier alpha value is -4.77. The van der Waals surface area contributed by atoms with Crippen molar-refractivity contribution in [1.82, 2.24) is 40.0 Å². The van der Waals surface area contributed by atoms with Crippen LogP contribution in [-0.2, 0) is 6.54 Å². The first kappa shape index (κ1) is 24.3. The minimum Gasteiger partial charge on any atom is -0.352 e. The van der Waals surface area contributed by atoms with Crippen LogP contribution in [0.1, 0.15) is 29.4 Å². The number of halogens is 2. The largest absolute Gasteiger partial charge is 0.352 e. The summed E-state index contributed by atoms with van der Waals surface area (Å²) in [6.45, 7) is 2.09. The number of benzene rings is 1. The zero-order chi connectivity index (χ0) is 27.4. The number of nitrogens with zero attached hydrogens (tertiary/aromatic N) is 5. The number of aromatic nitrogens is 7. The highest BCUT2D eigenvalue weighted by molar-refractivity contribution is 5.98. The van der Waals surface area contributed by atoms with Gasteiger partial charge in [0.2, 0.25) is 0 Å². The zero-order valence-corrected chi connectivity index (χ0v) is 21.5. The number of aromatic amines is 3. The van der Waals surface area contributed by atoms with Crippen LogP contribution in [0.25, 0.3) is 55.8 Å². The topological polar surface area (TPSA) is 119 Å². The molecule has 0 bridgehead atoms. The third-order valence-corrected chi connectivity index (χ3v) is 7.32. The fraction of sp³-hybridized carbons (Fsp3) is 0.207. The Labute approximate surface area is 226 Å². The van der Waals surface area contributed by atoms with Crippen LogP contribution < -0.4 is 0 Å². The minimum absolute atomic E-state index is 0.0498. The summed E-state index contributed by atoms with van der Waals surface area (Å²) in [5.41, 5.74) is 7.69. The van der Waals surface area contributed by atoms with Gasteiger partial charge >= 0.3 is 0 Å². The standard InChI is InChI=1S/C29H24F2N8O/c1-16(40)22-4-5-23(34-22)21-12-33-13-25-26(21)36-28(35-25)27-20-9-18(2-3-24(20)37-38-27)19-8-17(10-32-11-19)14-39-7-6-29(30,31)15-39/h2-5,8-13,34H,6-7,14-15H2,1H3,(H,35,36)(H,37,38). The molecule has 0 radical (unpaired) electrons. The quantitative estimate of drug-likeness (QED) is 0.238. The van der Waals surface area contributed by atoms with Gasteiger partial charge in [0.15, 0.2) is 11.6 Å². The molecule has 0 amide bonds. The number of ketones is 1. The van der Waals surface area contributed by atoms with Crippen molar-refractivity contribution in [3.8, 4) is 33.9 Å². The van der Waals surface area contributed by atoms with Crippen molar-refractivity contribution in [3.63, 3.8) is 0 Å². The number of rotatable bonds is 6. The van der Waals surface area contributed by atoms with E-state index < -0.39 is 5.92 Å². The van der Waals surface area contributed by atoms with Crippen molar-refractivity contribution >= 4 is 27.7 Å². The van der Waals surface area contributed by atoms with Gasteiger partial charge in [0.05, 0.1) is 29.5 Å². The lowest BCUT2D eigenvalue weighted by molar-refractivity contribution is 0.0115. The highest BCUT2D eigenvalue weighted by Gasteiger charge is 2.37. The minimum atomic E-state index is -2.62. The lowest BCUT2D eigenvalue weighted by Gasteiger charge is -2.15. The molecule has 6 aromatic rings. The summed E-state index contributed by atoms with van der Waals surface area (Å²) in [6, 6.07) is 11.5. The second-order valence-electron chi connectivity index (χ2n) is 10.2. The van der Waals surface area contributed by atoms with E-state index in [2.05, 4.69) is 30.1 Å². The highest BCUT2D eigenvalue weighted by Crippen LogP contribution is 2.33. The Morgan fingerprint density at radius 2 is 1.88 bits per heavy atom. The SMILES string of the molecule is CC(=O)c1ccc(-c2cncc3[nH]c(-c4n[nH]c5ccc(-c6cncc(CN7CCC(F)(F)C7)c6)cc45)nc23)[nH]1. The number of hydrogen-bond donors (Lipinski definition) is 3. The fourth-order valence-electron chi connectivity index (χ4n) is 5.31. The second kappa shape index (κ2) is 9.16. The van der Waals surface area contributed by atoms with E-state index in [4.69, 9.17) is 4.98 Å². The van der Waals surface area contributed by atoms with Crippen molar-refractivity contribution in [2.75, 3.05) is 13.1 Å². The normalized spacial score (nSPS) is 15.4. The molecule has 9 nitrogen and oxygen atoms in total. The van der Waals surface area contributed by atoms with Crippen LogP contribution in [0.2, 0.25) is 0 Å². The van der Waals surface area contributed by atoms with E-state index in [-0.39, 0.29) is 18.7 Å². The summed E-state index contributed by atoms with van der Waals surface area (Å²) < 4.78 is 27.3. The Bertz CT molecular complexity index is 1900. The van der Waals surface area contributed by atoms with Crippen LogP contribution in [-0.4, -0.2) is 64.8 Å². The van der Waals surface area contributed by atoms with Crippen LogP contribution in [0, 0.1) is 0 Å². The molecule has 1 aromatic carbocycles. The summed E-state index contributed by atoms with van der Waals surface area (Å²) in [7, 11) is 0. The molecule has 0 spiro atoms. The summed E-state index contributed by atoms with van der Waals surface area (Å²) in [6.07, 6.45) is 6.81. The van der Waals surface area contributed by atoms with E-state index in [1.807, 2.05) is 30.3 Å². The first-order chi connectivity index (χ1) is 19.3. The molecule has 1 saturated heterocycles. The second-order valence-corrected chi connectivity index (χ2v) is 10.2. The Balaban J connectivity index is 1.24. The molecular formula is C29H24F2N8O. The van der Waals surface area contributed by atoms with Gasteiger partial charge < -0.3 is 9.97 Å². The Morgan fingerprint density at radius 3 is 2.67 bits per heavy atom. The van der Waals surface area contributed by atoms with Crippen LogP contribution in [0.5, 0.6) is 0 Å². The monoisotopic (exact) mass is 538 g/mol. The van der Waals surface area contributed by atoms with Crippen LogP contribution in [0.4, 0.5) is 8.78 Å². The van der Waals surface area contributed by atoms with E-state index >= 15 is 0 Å². The van der Waals surface area contributed by atoms with Gasteiger partial charge in [0, 0.05) is 67.2 Å². The number of carbonyl (C=O) groups excluding carboxylic acids is 1. The molecule has 0 saturated carbocycles. The summed E-state index contributed by atoms with van der Waals surface area (Å²) >= 11 is 0. The average Bonchev–Trinajstić information content (AvgIpc) is 3.73. The van der Waals surface area contributed by atoms with Crippen LogP contribution in [0.3, 0.4) is 0 Å². The molecule has 3 N–H and O–H groups in total. The number of fused-ring (bicyclic) bond motifs is 2. The van der Waals surface area contributed by atoms with Crippen LogP contribution >= 0.6 is 0 Å². The number of alkyl halides is 2. The maximum Gasteiger partial charge on any atom is 0.261 e. The maximum atomic E-state index is 13.7. The Kier molecular flexibility index (Phi) is 5.56. The summed E-state index contributed by atoms with van der Waals surface area (Å²) in [4.78, 5) is 33.6. The molecule has 5 aromatic heterocycles. The first-order valence-electron chi connectivity index (χ1n) is 12.9. The molecule has 11 heteroatoms. The molecule has 1 aliphatic heterocycles. The van der Waals surface area contributed by atoms with Gasteiger partial charge in [-0.05, 0) is 41.5 Å². The van der Waals surface area contributed by atoms with Gasteiger partial charge in [-0.15, -0.1) is 0 Å². The predicted molar refractivity (Wildman–Crippen MR) is 147 cm³/mol. The smallest absolute Gasteiger partial charge is 0.261 e. The molecule has 1 fully saturated rings. The number of imidazole rings is 1. The molecule has 40 heavy (non-hydrogen) atoms. The zero-order valence-electron chi connectivity index (χ0n) is 21.5. The van der Waals surface area contributed by atoms with Crippen molar-refractivity contribution in [1.29, 1.82) is 0 Å². The van der Waals surface area contributed by atoms with Gasteiger partial charge in [0.25, 0.3) is 5.92 Å². The van der Waals surface area contributed by atoms with Gasteiger partial charge in [-0.25, -0.2) is 13.8 Å². The number of likely N-dealkylation sites (tertiary alicyclic amines) is 1. The third-order valence-electron chi connectivity index (χ3n) is 7.32. The highest BCUT2D eigenvalue weighted by atomic mass is 19.3. The molecule has 7 rings (SSSR count). The van der Waals surface area contributed by atoms with E-state index in [1.165, 1.54) is 6.92 Å². The number of Topliss-reactive ketones (excluding diaryl/α,β-unsaturated/α-hetero) is 1. The lowest BCUT2D eigenvalue weighted by Crippen LogP contribution is -2.24. The van der Waals surface area contributed by atoms with Crippen molar-refractivity contribution in [3.05, 3.63) is 72.4 Å². The van der Waals surface area contributed by atoms with E-state index in [1.54, 1.807) is 35.8 Å². The summed E-state index contributed by atoms with van der Waals surface area (Å²) in [5.74, 6) is -2.10. The number of nitrogens with one attached hydrogen (secondary N) is 3. The van der Waals surface area contributed by atoms with E-state index in [0.717, 1.165) is 44.4 Å². The Morgan fingerprint density at radius 1 is 1.00 bits per heavy atom. The van der Waals surface area contributed by atoms with Gasteiger partial charge in [-0.1, -0.05) is 6.07 Å². The number of carbonyl (C=O) groups is 1. The molecule has 0 aliphatic carbocycles. The van der Waals surface area contributed by atoms with Gasteiger partial charge in [-0.2, -0.15) is 5.10 Å². The molecular weight excluding hydrogens is 514 g/mol. The first-order valence-corrected chi connectivity index (χ1v) is 12.9. The number of H-pyrrole nitrogens is 3. The van der Waals surface area contributed by atoms with Crippen LogP contribution in [0.15, 0.2) is 61.2 Å². The van der Waals surface area contributed by atoms with Gasteiger partial charge in [0.1, 0.15) is 11.2 Å². The third kappa shape index (κ3) is 4.34. The van der Waals surface area contributed by atoms with Crippen molar-refractivity contribution in [2.45, 2.75) is 25.8 Å². The lowest BCUT2D eigenvalue weighted by atomic mass is 10.0. The van der Waals surface area contributed by atoms with E-state index in [0.29, 0.717) is 35.8 Å². The van der Waals surface area contributed by atoms with Gasteiger partial charge in [-0.3, -0.25) is 24.8 Å². The van der Waals surface area contributed by atoms with Crippen molar-refractivity contribution < 1.29 is 13.6 Å². The van der Waals surface area contributed by atoms with Crippen molar-refractivity contribution in [2.24, 2.45) is 0 Å². The molecule has 200 valence electrons. The number of hydrogen-bond acceptors (Lipinski definition) is 6. The number of pyridine rings is 2. The fourth-order valence-corrected chi connectivity index (χ4v) is 5.31. The molecule has 0 unspecified atom stereocenters. The summed E-state index contributed by atoms with van der Waals surface area (Å²) in [5, 5.41) is 8.49. The predicted octanol–water partition coefficient (Wildman–Crippen LogP) is 5.60. The molecule has 6 heterocycles.